The molecule has 1 atom stereocenters. The van der Waals surface area contributed by atoms with Crippen molar-refractivity contribution in [1.82, 2.24) is 29.2 Å². The van der Waals surface area contributed by atoms with Crippen molar-refractivity contribution in [3.8, 4) is 6.07 Å². The normalized spacial score (nSPS) is 17.5. The van der Waals surface area contributed by atoms with Crippen molar-refractivity contribution in [2.45, 2.75) is 25.9 Å². The fourth-order valence-electron chi connectivity index (χ4n) is 4.22. The quantitative estimate of drug-likeness (QED) is 0.553. The number of pyridine rings is 1. The average molecular weight is 371 g/mol. The molecule has 0 aliphatic carbocycles. The van der Waals surface area contributed by atoms with Crippen molar-refractivity contribution in [2.24, 2.45) is 0 Å². The lowest BCUT2D eigenvalue weighted by Gasteiger charge is -2.18. The van der Waals surface area contributed by atoms with Crippen LogP contribution in [-0.2, 0) is 6.54 Å². The van der Waals surface area contributed by atoms with Crippen LogP contribution >= 0.6 is 0 Å². The molecule has 0 radical (unpaired) electrons. The van der Waals surface area contributed by atoms with Gasteiger partial charge in [0.15, 0.2) is 0 Å². The first-order valence-electron chi connectivity index (χ1n) is 9.49. The molecule has 0 bridgehead atoms. The number of hydrogen-bond acceptors (Lipinski definition) is 5. The molecule has 1 aliphatic rings. The Morgan fingerprint density at radius 2 is 2.14 bits per heavy atom. The van der Waals surface area contributed by atoms with Gasteiger partial charge in [-0.25, -0.2) is 4.98 Å². The Kier molecular flexibility index (Phi) is 3.88. The van der Waals surface area contributed by atoms with Crippen LogP contribution in [-0.4, -0.2) is 49.4 Å². The summed E-state index contributed by atoms with van der Waals surface area (Å²) in [6.45, 7) is 4.71. The topological polar surface area (TPSA) is 75.6 Å². The molecular weight excluding hydrogens is 350 g/mol. The van der Waals surface area contributed by atoms with Crippen LogP contribution in [0.4, 0.5) is 0 Å². The lowest BCUT2D eigenvalue weighted by atomic mass is 10.1. The Balaban J connectivity index is 1.76. The zero-order valence-electron chi connectivity index (χ0n) is 16.0. The molecule has 140 valence electrons. The summed E-state index contributed by atoms with van der Waals surface area (Å²) in [5.41, 5.74) is 4.61. The minimum absolute atomic E-state index is 0.345. The number of benzene rings is 1. The maximum Gasteiger partial charge on any atom is 0.132 e. The molecule has 1 aromatic carbocycles. The number of fused-ring (bicyclic) bond motifs is 3. The largest absolute Gasteiger partial charge is 0.321 e. The van der Waals surface area contributed by atoms with E-state index in [2.05, 4.69) is 32.7 Å². The van der Waals surface area contributed by atoms with E-state index in [1.54, 1.807) is 0 Å². The third kappa shape index (κ3) is 2.74. The van der Waals surface area contributed by atoms with Gasteiger partial charge in [0.25, 0.3) is 0 Å². The minimum Gasteiger partial charge on any atom is -0.321 e. The summed E-state index contributed by atoms with van der Waals surface area (Å²) in [5, 5.41) is 14.8. The van der Waals surface area contributed by atoms with Gasteiger partial charge < -0.3 is 9.47 Å². The second-order valence-corrected chi connectivity index (χ2v) is 7.65. The highest BCUT2D eigenvalue weighted by Crippen LogP contribution is 2.32. The lowest BCUT2D eigenvalue weighted by molar-refractivity contribution is 0.391. The summed E-state index contributed by atoms with van der Waals surface area (Å²) < 4.78 is 4.29. The fourth-order valence-corrected chi connectivity index (χ4v) is 4.22. The summed E-state index contributed by atoms with van der Waals surface area (Å²) in [6, 6.07) is 8.27. The van der Waals surface area contributed by atoms with Crippen LogP contribution in [0, 0.1) is 18.3 Å². The monoisotopic (exact) mass is 371 g/mol. The van der Waals surface area contributed by atoms with Crippen LogP contribution in [0.15, 0.2) is 36.8 Å². The van der Waals surface area contributed by atoms with E-state index in [1.165, 1.54) is 0 Å². The number of likely N-dealkylation sites (tertiary alicyclic amines) is 1. The maximum atomic E-state index is 9.38. The van der Waals surface area contributed by atoms with Gasteiger partial charge in [-0.3, -0.25) is 9.67 Å². The Labute approximate surface area is 162 Å². The van der Waals surface area contributed by atoms with Gasteiger partial charge in [-0.2, -0.15) is 10.4 Å². The van der Waals surface area contributed by atoms with Gasteiger partial charge in [0.2, 0.25) is 0 Å². The molecule has 28 heavy (non-hydrogen) atoms. The number of aromatic nitrogens is 5. The molecule has 3 aromatic heterocycles. The van der Waals surface area contributed by atoms with E-state index in [1.807, 2.05) is 48.4 Å². The van der Waals surface area contributed by atoms with E-state index < -0.39 is 0 Å². The smallest absolute Gasteiger partial charge is 0.132 e. The Morgan fingerprint density at radius 1 is 1.25 bits per heavy atom. The molecule has 4 heterocycles. The predicted molar refractivity (Wildman–Crippen MR) is 107 cm³/mol. The number of hydrogen-bond donors (Lipinski definition) is 0. The zero-order chi connectivity index (χ0) is 19.3. The van der Waals surface area contributed by atoms with Crippen molar-refractivity contribution in [1.29, 1.82) is 5.26 Å². The number of likely N-dealkylation sites (N-methyl/N-ethyl adjacent to an activating group) is 1. The average Bonchev–Trinajstić information content (AvgIpc) is 3.39. The van der Waals surface area contributed by atoms with Crippen LogP contribution in [0.3, 0.4) is 0 Å². The van der Waals surface area contributed by atoms with Crippen molar-refractivity contribution in [3.63, 3.8) is 0 Å². The predicted octanol–water partition coefficient (Wildman–Crippen LogP) is 2.89. The first-order valence-corrected chi connectivity index (χ1v) is 9.49. The summed E-state index contributed by atoms with van der Waals surface area (Å²) in [4.78, 5) is 11.9. The molecule has 0 amide bonds. The summed E-state index contributed by atoms with van der Waals surface area (Å²) in [5.74, 6) is 0.982. The molecule has 7 nitrogen and oxygen atoms in total. The SMILES string of the molecule is Cc1cnn(Cc2nc3cnc4ccc(C#N)cc4c3n2[C@@H]2CCN(C)C2)c1. The van der Waals surface area contributed by atoms with Gasteiger partial charge in [0.1, 0.15) is 11.3 Å². The van der Waals surface area contributed by atoms with Crippen molar-refractivity contribution < 1.29 is 0 Å². The zero-order valence-corrected chi connectivity index (χ0v) is 16.0. The van der Waals surface area contributed by atoms with Gasteiger partial charge in [-0.15, -0.1) is 0 Å². The van der Waals surface area contributed by atoms with E-state index in [4.69, 9.17) is 4.98 Å². The maximum absolute atomic E-state index is 9.38. The highest BCUT2D eigenvalue weighted by molar-refractivity contribution is 6.02. The van der Waals surface area contributed by atoms with Crippen LogP contribution in [0.1, 0.15) is 29.4 Å². The third-order valence-corrected chi connectivity index (χ3v) is 5.52. The van der Waals surface area contributed by atoms with Crippen LogP contribution in [0.25, 0.3) is 21.9 Å². The highest BCUT2D eigenvalue weighted by Gasteiger charge is 2.26. The number of imidazole rings is 1. The third-order valence-electron chi connectivity index (χ3n) is 5.52. The molecule has 0 saturated carbocycles. The Bertz CT molecular complexity index is 1230. The first-order chi connectivity index (χ1) is 13.6. The summed E-state index contributed by atoms with van der Waals surface area (Å²) >= 11 is 0. The summed E-state index contributed by atoms with van der Waals surface area (Å²) in [6.07, 6.45) is 6.83. The minimum atomic E-state index is 0.345. The number of aryl methyl sites for hydroxylation is 1. The summed E-state index contributed by atoms with van der Waals surface area (Å²) in [7, 11) is 2.16. The van der Waals surface area contributed by atoms with E-state index in [0.29, 0.717) is 18.2 Å². The van der Waals surface area contributed by atoms with Gasteiger partial charge >= 0.3 is 0 Å². The second kappa shape index (κ2) is 6.43. The standard InChI is InChI=1S/C21H21N7/c1-14-9-24-27(11-14)13-20-25-19-10-23-18-4-3-15(8-22)7-17(18)21(19)28(20)16-5-6-26(2)12-16/h3-4,7,9-11,16H,5-6,12-13H2,1-2H3/t16-/m1/s1. The van der Waals surface area contributed by atoms with Gasteiger partial charge in [0.05, 0.1) is 41.6 Å². The molecule has 0 unspecified atom stereocenters. The lowest BCUT2D eigenvalue weighted by Crippen LogP contribution is -2.19. The van der Waals surface area contributed by atoms with Crippen molar-refractivity contribution in [3.05, 3.63) is 53.7 Å². The molecule has 5 rings (SSSR count). The van der Waals surface area contributed by atoms with E-state index in [0.717, 1.165) is 52.8 Å². The molecule has 4 aromatic rings. The fraction of sp³-hybridized carbons (Fsp3) is 0.333. The molecular formula is C21H21N7. The first kappa shape index (κ1) is 16.9. The Hall–Kier alpha value is -3.24. The number of nitrogens with zero attached hydrogens (tertiary/aromatic N) is 7. The van der Waals surface area contributed by atoms with Crippen molar-refractivity contribution in [2.75, 3.05) is 20.1 Å². The molecule has 0 spiro atoms. The number of rotatable bonds is 3. The van der Waals surface area contributed by atoms with E-state index >= 15 is 0 Å². The Morgan fingerprint density at radius 3 is 2.86 bits per heavy atom. The molecule has 7 heteroatoms. The molecule has 1 fully saturated rings. The van der Waals surface area contributed by atoms with Crippen molar-refractivity contribution >= 4 is 21.9 Å². The highest BCUT2D eigenvalue weighted by atomic mass is 15.3. The molecule has 1 aliphatic heterocycles. The van der Waals surface area contributed by atoms with E-state index in [9.17, 15) is 5.26 Å². The molecule has 0 N–H and O–H groups in total. The number of nitriles is 1. The molecule has 1 saturated heterocycles. The van der Waals surface area contributed by atoms with Crippen LogP contribution < -0.4 is 0 Å². The van der Waals surface area contributed by atoms with E-state index in [-0.39, 0.29) is 0 Å². The van der Waals surface area contributed by atoms with Gasteiger partial charge in [-0.05, 0) is 50.7 Å². The van der Waals surface area contributed by atoms with Gasteiger partial charge in [-0.1, -0.05) is 0 Å². The van der Waals surface area contributed by atoms with Crippen LogP contribution in [0.5, 0.6) is 0 Å². The van der Waals surface area contributed by atoms with Gasteiger partial charge in [0, 0.05) is 24.2 Å². The second-order valence-electron chi connectivity index (χ2n) is 7.65. The van der Waals surface area contributed by atoms with Crippen LogP contribution in [0.2, 0.25) is 0 Å².